The molecule has 2 rings (SSSR count). The van der Waals surface area contributed by atoms with E-state index in [9.17, 15) is 19.4 Å². The molecule has 0 spiro atoms. The number of nitrogens with zero attached hydrogens (tertiary/aromatic N) is 2. The summed E-state index contributed by atoms with van der Waals surface area (Å²) in [6.45, 7) is 5.29. The lowest BCUT2D eigenvalue weighted by Gasteiger charge is -2.34. The van der Waals surface area contributed by atoms with Crippen LogP contribution in [0.25, 0.3) is 0 Å². The topological polar surface area (TPSA) is 64.0 Å². The summed E-state index contributed by atoms with van der Waals surface area (Å²) in [4.78, 5) is 16.2. The lowest BCUT2D eigenvalue weighted by atomic mass is 10.0. The van der Waals surface area contributed by atoms with Crippen LogP contribution in [-0.4, -0.2) is 70.9 Å². The third-order valence-corrected chi connectivity index (χ3v) is 4.84. The Balaban J connectivity index is 2.11. The number of β-amino-alcohol motifs (C(OH)–C–C–N with tert-alkyl or cyclic N) is 2. The van der Waals surface area contributed by atoms with Crippen LogP contribution in [0.4, 0.5) is 4.39 Å². The number of hydrogen-bond acceptors (Lipinski definition) is 4. The van der Waals surface area contributed by atoms with Crippen molar-refractivity contribution in [2.45, 2.75) is 32.1 Å². The van der Waals surface area contributed by atoms with E-state index < -0.39 is 18.0 Å². The molecule has 134 valence electrons. The fraction of sp³-hybridized carbons (Fsp3) is 0.588. The maximum absolute atomic E-state index is 13.6. The Morgan fingerprint density at radius 3 is 2.46 bits per heavy atom. The van der Waals surface area contributed by atoms with Crippen LogP contribution in [0.2, 0.25) is 5.02 Å². The molecule has 0 unspecified atom stereocenters. The average Bonchev–Trinajstić information content (AvgIpc) is 2.84. The summed E-state index contributed by atoms with van der Waals surface area (Å²) in [7, 11) is 1.68. The zero-order chi connectivity index (χ0) is 18.0. The third kappa shape index (κ3) is 4.25. The van der Waals surface area contributed by atoms with Gasteiger partial charge in [0.2, 0.25) is 0 Å². The van der Waals surface area contributed by atoms with E-state index in [0.717, 1.165) is 6.07 Å². The molecule has 0 saturated carbocycles. The predicted octanol–water partition coefficient (Wildman–Crippen LogP) is 1.61. The second-order valence-corrected chi connectivity index (χ2v) is 7.12. The van der Waals surface area contributed by atoms with Crippen LogP contribution in [0.1, 0.15) is 24.2 Å². The number of likely N-dealkylation sites (tertiary alicyclic amines) is 1. The third-order valence-electron chi connectivity index (χ3n) is 4.53. The quantitative estimate of drug-likeness (QED) is 0.839. The zero-order valence-electron chi connectivity index (χ0n) is 14.1. The van der Waals surface area contributed by atoms with Crippen LogP contribution in [-0.2, 0) is 0 Å². The molecule has 2 N–H and O–H groups in total. The van der Waals surface area contributed by atoms with Crippen molar-refractivity contribution in [1.29, 1.82) is 0 Å². The van der Waals surface area contributed by atoms with Crippen molar-refractivity contribution >= 4 is 17.5 Å². The van der Waals surface area contributed by atoms with Crippen molar-refractivity contribution in [3.63, 3.8) is 0 Å². The first kappa shape index (κ1) is 19.1. The number of halogens is 2. The Bertz CT molecular complexity index is 589. The second kappa shape index (κ2) is 7.78. The van der Waals surface area contributed by atoms with Crippen LogP contribution in [0.5, 0.6) is 0 Å². The number of carbonyl (C=O) groups excluding carboxylic acids is 1. The fourth-order valence-electron chi connectivity index (χ4n) is 3.02. The molecule has 1 aliphatic heterocycles. The molecular weight excluding hydrogens is 335 g/mol. The van der Waals surface area contributed by atoms with Gasteiger partial charge in [-0.1, -0.05) is 25.4 Å². The van der Waals surface area contributed by atoms with Gasteiger partial charge in [0.05, 0.1) is 17.2 Å². The number of benzene rings is 1. The Morgan fingerprint density at radius 2 is 1.96 bits per heavy atom. The minimum absolute atomic E-state index is 0.0188. The number of likely N-dealkylation sites (N-methyl/N-ethyl adjacent to an activating group) is 1. The van der Waals surface area contributed by atoms with Gasteiger partial charge in [0.15, 0.2) is 0 Å². The Kier molecular flexibility index (Phi) is 6.20. The van der Waals surface area contributed by atoms with E-state index in [1.54, 1.807) is 11.9 Å². The van der Waals surface area contributed by atoms with Gasteiger partial charge in [0.1, 0.15) is 5.82 Å². The molecule has 0 aliphatic carbocycles. The first-order valence-corrected chi connectivity index (χ1v) is 8.39. The molecule has 1 heterocycles. The van der Waals surface area contributed by atoms with Crippen LogP contribution >= 0.6 is 11.6 Å². The van der Waals surface area contributed by atoms with E-state index in [-0.39, 0.29) is 28.5 Å². The van der Waals surface area contributed by atoms with Crippen LogP contribution in [0.15, 0.2) is 18.2 Å². The number of amides is 1. The summed E-state index contributed by atoms with van der Waals surface area (Å²) in [6.07, 6.45) is -1.52. The molecule has 1 aliphatic rings. The summed E-state index contributed by atoms with van der Waals surface area (Å²) < 4.78 is 13.6. The normalized spacial score (nSPS) is 22.8. The van der Waals surface area contributed by atoms with Crippen molar-refractivity contribution < 1.29 is 19.4 Å². The SMILES string of the molecule is CC(C)[C@@H](CN1C[C@H](O)[C@@H](O)C1)N(C)C(=O)c1ccc(Cl)c(F)c1. The molecule has 1 aromatic carbocycles. The Labute approximate surface area is 146 Å². The summed E-state index contributed by atoms with van der Waals surface area (Å²) >= 11 is 5.66. The predicted molar refractivity (Wildman–Crippen MR) is 90.6 cm³/mol. The van der Waals surface area contributed by atoms with Gasteiger partial charge in [0.25, 0.3) is 5.91 Å². The lowest BCUT2D eigenvalue weighted by molar-refractivity contribution is 0.0572. The van der Waals surface area contributed by atoms with Crippen molar-refractivity contribution in [1.82, 2.24) is 9.80 Å². The highest BCUT2D eigenvalue weighted by atomic mass is 35.5. The molecule has 0 bridgehead atoms. The fourth-order valence-corrected chi connectivity index (χ4v) is 3.14. The van der Waals surface area contributed by atoms with E-state index in [0.29, 0.717) is 19.6 Å². The maximum atomic E-state index is 13.6. The number of carbonyl (C=O) groups is 1. The summed E-state index contributed by atoms with van der Waals surface area (Å²) in [5.41, 5.74) is 0.242. The molecule has 3 atom stereocenters. The molecule has 24 heavy (non-hydrogen) atoms. The summed E-state index contributed by atoms with van der Waals surface area (Å²) in [5.74, 6) is -0.752. The van der Waals surface area contributed by atoms with Gasteiger partial charge in [-0.05, 0) is 24.1 Å². The van der Waals surface area contributed by atoms with Crippen molar-refractivity contribution in [2.75, 3.05) is 26.7 Å². The van der Waals surface area contributed by atoms with Gasteiger partial charge >= 0.3 is 0 Å². The van der Waals surface area contributed by atoms with Gasteiger partial charge in [-0.15, -0.1) is 0 Å². The smallest absolute Gasteiger partial charge is 0.254 e. The summed E-state index contributed by atoms with van der Waals surface area (Å²) in [5, 5.41) is 19.3. The van der Waals surface area contributed by atoms with Gasteiger partial charge in [-0.2, -0.15) is 0 Å². The first-order valence-electron chi connectivity index (χ1n) is 8.01. The monoisotopic (exact) mass is 358 g/mol. The molecular formula is C17H24ClFN2O3. The largest absolute Gasteiger partial charge is 0.389 e. The zero-order valence-corrected chi connectivity index (χ0v) is 14.9. The van der Waals surface area contributed by atoms with Gasteiger partial charge < -0.3 is 15.1 Å². The minimum Gasteiger partial charge on any atom is -0.389 e. The summed E-state index contributed by atoms with van der Waals surface area (Å²) in [6, 6.07) is 3.89. The lowest BCUT2D eigenvalue weighted by Crippen LogP contribution is -2.47. The molecule has 1 fully saturated rings. The first-order chi connectivity index (χ1) is 11.2. The number of hydrogen-bond donors (Lipinski definition) is 2. The molecule has 1 amide bonds. The van der Waals surface area contributed by atoms with E-state index in [2.05, 4.69) is 0 Å². The van der Waals surface area contributed by atoms with Gasteiger partial charge in [-0.3, -0.25) is 9.69 Å². The number of aliphatic hydroxyl groups excluding tert-OH is 2. The average molecular weight is 359 g/mol. The van der Waals surface area contributed by atoms with Crippen LogP contribution in [0, 0.1) is 11.7 Å². The van der Waals surface area contributed by atoms with E-state index >= 15 is 0 Å². The Hall–Kier alpha value is -1.21. The van der Waals surface area contributed by atoms with Crippen LogP contribution in [0.3, 0.4) is 0 Å². The van der Waals surface area contributed by atoms with E-state index in [4.69, 9.17) is 11.6 Å². The Morgan fingerprint density at radius 1 is 1.38 bits per heavy atom. The van der Waals surface area contributed by atoms with Gasteiger partial charge in [-0.25, -0.2) is 4.39 Å². The van der Waals surface area contributed by atoms with Gasteiger partial charge in [0, 0.05) is 38.3 Å². The highest BCUT2D eigenvalue weighted by molar-refractivity contribution is 6.30. The standard InChI is InChI=1S/C17H24ClFN2O3/c1-10(2)14(7-21-8-15(22)16(23)9-21)20(3)17(24)11-4-5-12(18)13(19)6-11/h4-6,10,14-16,22-23H,7-9H2,1-3H3/t14-,15+,16+/m1/s1. The van der Waals surface area contributed by atoms with E-state index in [1.165, 1.54) is 12.1 Å². The number of aliphatic hydroxyl groups is 2. The second-order valence-electron chi connectivity index (χ2n) is 6.71. The highest BCUT2D eigenvalue weighted by Gasteiger charge is 2.33. The molecule has 0 aromatic heterocycles. The molecule has 5 nitrogen and oxygen atoms in total. The van der Waals surface area contributed by atoms with Crippen molar-refractivity contribution in [3.05, 3.63) is 34.6 Å². The highest BCUT2D eigenvalue weighted by Crippen LogP contribution is 2.20. The van der Waals surface area contributed by atoms with E-state index in [1.807, 2.05) is 18.7 Å². The molecule has 0 radical (unpaired) electrons. The number of rotatable bonds is 5. The molecule has 1 aromatic rings. The van der Waals surface area contributed by atoms with Crippen molar-refractivity contribution in [3.8, 4) is 0 Å². The molecule has 7 heteroatoms. The molecule has 1 saturated heterocycles. The van der Waals surface area contributed by atoms with Crippen molar-refractivity contribution in [2.24, 2.45) is 5.92 Å². The maximum Gasteiger partial charge on any atom is 0.254 e. The minimum atomic E-state index is -0.760. The van der Waals surface area contributed by atoms with Crippen LogP contribution < -0.4 is 0 Å².